The summed E-state index contributed by atoms with van der Waals surface area (Å²) in [6.07, 6.45) is 6.08. The molecule has 0 radical (unpaired) electrons. The van der Waals surface area contributed by atoms with Crippen LogP contribution in [0.2, 0.25) is 0 Å². The summed E-state index contributed by atoms with van der Waals surface area (Å²) in [5.41, 5.74) is 0.567. The largest absolute Gasteiger partial charge is 0.504 e. The number of hydrogen-bond acceptors (Lipinski definition) is 5. The van der Waals surface area contributed by atoms with E-state index in [1.165, 1.54) is 0 Å². The first kappa shape index (κ1) is 22.8. The van der Waals surface area contributed by atoms with E-state index in [0.29, 0.717) is 17.6 Å². The van der Waals surface area contributed by atoms with Gasteiger partial charge in [0.05, 0.1) is 0 Å². The van der Waals surface area contributed by atoms with Crippen LogP contribution < -0.4 is 0 Å². The lowest BCUT2D eigenvalue weighted by molar-refractivity contribution is -0.225. The second-order valence-corrected chi connectivity index (χ2v) is 12.5. The average Bonchev–Trinajstić information content (AvgIpc) is 2.75. The molecule has 33 heavy (non-hydrogen) atoms. The molecule has 178 valence electrons. The van der Waals surface area contributed by atoms with Crippen LogP contribution in [0.15, 0.2) is 34.6 Å². The van der Waals surface area contributed by atoms with Crippen LogP contribution in [0.5, 0.6) is 0 Å². The molecule has 3 fully saturated rings. The van der Waals surface area contributed by atoms with Gasteiger partial charge < -0.3 is 10.2 Å². The molecule has 0 amide bonds. The maximum atomic E-state index is 13.8. The number of aliphatic hydroxyl groups is 2. The van der Waals surface area contributed by atoms with Gasteiger partial charge >= 0.3 is 0 Å². The molecule has 3 saturated carbocycles. The molecule has 5 nitrogen and oxygen atoms in total. The molecule has 8 atom stereocenters. The summed E-state index contributed by atoms with van der Waals surface area (Å²) >= 11 is 0. The van der Waals surface area contributed by atoms with Gasteiger partial charge in [-0.25, -0.2) is 0 Å². The lowest BCUT2D eigenvalue weighted by atomic mass is 9.32. The Labute approximate surface area is 196 Å². The van der Waals surface area contributed by atoms with Gasteiger partial charge in [-0.05, 0) is 79.1 Å². The predicted octanol–water partition coefficient (Wildman–Crippen LogP) is 4.65. The van der Waals surface area contributed by atoms with Crippen molar-refractivity contribution in [1.29, 1.82) is 0 Å². The van der Waals surface area contributed by atoms with E-state index in [0.717, 1.165) is 31.3 Å². The fourth-order valence-electron chi connectivity index (χ4n) is 8.93. The zero-order valence-corrected chi connectivity index (χ0v) is 20.6. The van der Waals surface area contributed by atoms with Gasteiger partial charge in [0.25, 0.3) is 0 Å². The summed E-state index contributed by atoms with van der Waals surface area (Å²) in [6.45, 7) is 12.4. The van der Waals surface area contributed by atoms with Gasteiger partial charge in [0.1, 0.15) is 6.10 Å². The van der Waals surface area contributed by atoms with Crippen LogP contribution >= 0.6 is 0 Å². The molecule has 5 heteroatoms. The number of ketones is 3. The number of carbonyl (C=O) groups is 3. The summed E-state index contributed by atoms with van der Waals surface area (Å²) in [5, 5.41) is 21.3. The van der Waals surface area contributed by atoms with E-state index in [2.05, 4.69) is 27.7 Å². The highest BCUT2D eigenvalue weighted by Gasteiger charge is 2.71. The molecule has 0 aliphatic heterocycles. The standard InChI is InChI=1S/C28H36O5/c1-14-11-20-26(4,24(33)21(14)31)8-10-28(6)23-19(30)12-16-15(2)22(32)18(29)13-17(16)25(23,3)7-9-27(20,28)5/h12-14,20,23-24,32-33H,7-11H2,1-6H3/t14-,20-,23+,24-,25+,26-,27+,28-/m1/s1. The number of allylic oxidation sites excluding steroid dienone is 5. The lowest BCUT2D eigenvalue weighted by Gasteiger charge is -2.71. The molecule has 0 aromatic carbocycles. The molecular formula is C28H36O5. The minimum Gasteiger partial charge on any atom is -0.504 e. The van der Waals surface area contributed by atoms with Crippen LogP contribution in [0.3, 0.4) is 0 Å². The van der Waals surface area contributed by atoms with Gasteiger partial charge in [0.2, 0.25) is 5.78 Å². The monoisotopic (exact) mass is 452 g/mol. The maximum absolute atomic E-state index is 13.8. The molecular weight excluding hydrogens is 416 g/mol. The quantitative estimate of drug-likeness (QED) is 0.558. The average molecular weight is 453 g/mol. The summed E-state index contributed by atoms with van der Waals surface area (Å²) < 4.78 is 0. The van der Waals surface area contributed by atoms with E-state index in [4.69, 9.17) is 0 Å². The fourth-order valence-corrected chi connectivity index (χ4v) is 8.93. The minimum absolute atomic E-state index is 0.0455. The van der Waals surface area contributed by atoms with Crippen molar-refractivity contribution in [1.82, 2.24) is 0 Å². The molecule has 0 saturated heterocycles. The molecule has 5 aliphatic carbocycles. The molecule has 2 N–H and O–H groups in total. The second-order valence-electron chi connectivity index (χ2n) is 12.5. The summed E-state index contributed by atoms with van der Waals surface area (Å²) in [6, 6.07) is 0. The zero-order valence-electron chi connectivity index (χ0n) is 20.6. The van der Waals surface area contributed by atoms with Gasteiger partial charge in [0, 0.05) is 28.2 Å². The molecule has 5 rings (SSSR count). The Hall–Kier alpha value is -2.01. The highest BCUT2D eigenvalue weighted by atomic mass is 16.3. The van der Waals surface area contributed by atoms with Crippen molar-refractivity contribution in [2.45, 2.75) is 79.8 Å². The van der Waals surface area contributed by atoms with Crippen molar-refractivity contribution in [3.8, 4) is 0 Å². The first-order valence-electron chi connectivity index (χ1n) is 12.4. The van der Waals surface area contributed by atoms with E-state index in [1.54, 1.807) is 19.1 Å². The molecule has 0 bridgehead atoms. The number of rotatable bonds is 0. The highest BCUT2D eigenvalue weighted by Crippen LogP contribution is 2.74. The fraction of sp³-hybridized carbons (Fsp3) is 0.679. The normalized spacial score (nSPS) is 49.5. The Balaban J connectivity index is 1.66. The molecule has 0 aromatic heterocycles. The van der Waals surface area contributed by atoms with E-state index < -0.39 is 16.9 Å². The number of carbonyl (C=O) groups excluding carboxylic acids is 3. The van der Waals surface area contributed by atoms with Gasteiger partial charge in [-0.3, -0.25) is 14.4 Å². The van der Waals surface area contributed by atoms with Crippen LogP contribution in [0, 0.1) is 39.4 Å². The van der Waals surface area contributed by atoms with Gasteiger partial charge in [0.15, 0.2) is 17.3 Å². The third kappa shape index (κ3) is 2.50. The van der Waals surface area contributed by atoms with E-state index in [9.17, 15) is 24.6 Å². The van der Waals surface area contributed by atoms with Gasteiger partial charge in [-0.2, -0.15) is 0 Å². The Morgan fingerprint density at radius 3 is 2.24 bits per heavy atom. The molecule has 5 aliphatic rings. The summed E-state index contributed by atoms with van der Waals surface area (Å²) in [4.78, 5) is 39.1. The first-order valence-corrected chi connectivity index (χ1v) is 12.4. The number of aliphatic hydroxyl groups excluding tert-OH is 2. The van der Waals surface area contributed by atoms with Crippen molar-refractivity contribution in [2.75, 3.05) is 0 Å². The summed E-state index contributed by atoms with van der Waals surface area (Å²) in [7, 11) is 0. The molecule has 0 aromatic rings. The molecule has 0 heterocycles. The Kier molecular flexibility index (Phi) is 4.52. The van der Waals surface area contributed by atoms with E-state index >= 15 is 0 Å². The zero-order chi connectivity index (χ0) is 24.3. The Morgan fingerprint density at radius 1 is 0.939 bits per heavy atom. The smallest absolute Gasteiger partial charge is 0.220 e. The van der Waals surface area contributed by atoms with E-state index in [-0.39, 0.29) is 51.7 Å². The van der Waals surface area contributed by atoms with Crippen LogP contribution in [0.25, 0.3) is 0 Å². The van der Waals surface area contributed by atoms with Crippen molar-refractivity contribution < 1.29 is 24.6 Å². The second kappa shape index (κ2) is 6.56. The van der Waals surface area contributed by atoms with Crippen molar-refractivity contribution in [3.63, 3.8) is 0 Å². The number of fused-ring (bicyclic) bond motifs is 7. The first-order chi connectivity index (χ1) is 15.2. The third-order valence-corrected chi connectivity index (χ3v) is 11.2. The van der Waals surface area contributed by atoms with Crippen LogP contribution in [-0.2, 0) is 14.4 Å². The molecule has 0 unspecified atom stereocenters. The van der Waals surface area contributed by atoms with Crippen molar-refractivity contribution in [3.05, 3.63) is 34.6 Å². The lowest BCUT2D eigenvalue weighted by Crippen LogP contribution is -2.68. The van der Waals surface area contributed by atoms with Crippen molar-refractivity contribution >= 4 is 17.3 Å². The van der Waals surface area contributed by atoms with Crippen LogP contribution in [0.4, 0.5) is 0 Å². The van der Waals surface area contributed by atoms with Gasteiger partial charge in [-0.1, -0.05) is 34.6 Å². The topological polar surface area (TPSA) is 91.7 Å². The number of Topliss-reactive ketones (excluding diaryl/α,β-unsaturated/α-hetero) is 1. The Bertz CT molecular complexity index is 1090. The van der Waals surface area contributed by atoms with E-state index in [1.807, 2.05) is 6.92 Å². The summed E-state index contributed by atoms with van der Waals surface area (Å²) in [5.74, 6) is -0.953. The minimum atomic E-state index is -0.955. The maximum Gasteiger partial charge on any atom is 0.220 e. The van der Waals surface area contributed by atoms with Crippen LogP contribution in [0.1, 0.15) is 73.6 Å². The SMILES string of the molecule is CC1=C(O)C(=O)C=C2C1=CC(=O)[C@H]1[C@@]2(C)CC[C@@]2(C)[C@@H]3C[C@@H](C)C(=O)[C@@H](O)[C@]3(C)CC[C@]12C. The Morgan fingerprint density at radius 2 is 1.58 bits per heavy atom. The number of hydrogen-bond donors (Lipinski definition) is 2. The van der Waals surface area contributed by atoms with Crippen LogP contribution in [-0.4, -0.2) is 33.7 Å². The third-order valence-electron chi connectivity index (χ3n) is 11.2. The van der Waals surface area contributed by atoms with Crippen molar-refractivity contribution in [2.24, 2.45) is 39.4 Å². The highest BCUT2D eigenvalue weighted by molar-refractivity contribution is 6.09. The predicted molar refractivity (Wildman–Crippen MR) is 124 cm³/mol. The van der Waals surface area contributed by atoms with Gasteiger partial charge in [-0.15, -0.1) is 0 Å². The molecule has 0 spiro atoms.